The molecule has 134 valence electrons. The molecule has 2 heterocycles. The Hall–Kier alpha value is -2.09. The molecule has 0 N–H and O–H groups in total. The molecular formula is C17H22FN5OS. The number of carbonyl (C=O) groups is 1. The van der Waals surface area contributed by atoms with Crippen molar-refractivity contribution >= 4 is 23.4 Å². The molecule has 0 radical (unpaired) electrons. The number of piperazine rings is 1. The van der Waals surface area contributed by atoms with Crippen molar-refractivity contribution in [3.05, 3.63) is 36.4 Å². The van der Waals surface area contributed by atoms with E-state index >= 15 is 0 Å². The number of amides is 1. The number of thioether (sulfide) groups is 1. The van der Waals surface area contributed by atoms with Gasteiger partial charge in [-0.15, -0.1) is 10.2 Å². The molecule has 0 aliphatic carbocycles. The van der Waals surface area contributed by atoms with Gasteiger partial charge in [-0.05, 0) is 38.1 Å². The quantitative estimate of drug-likeness (QED) is 0.764. The van der Waals surface area contributed by atoms with Crippen LogP contribution in [-0.2, 0) is 4.79 Å². The standard InChI is InChI=1S/C17H22FN5OS/c1-13(2)23-12-19-20-17(23)25-11-16(24)22-9-7-21(8-10-22)15-5-3-14(18)4-6-15/h3-6,12-13H,7-11H2,1-2H3. The summed E-state index contributed by atoms with van der Waals surface area (Å²) < 4.78 is 15.0. The maximum absolute atomic E-state index is 13.0. The van der Waals surface area contributed by atoms with Gasteiger partial charge >= 0.3 is 0 Å². The largest absolute Gasteiger partial charge is 0.368 e. The molecule has 1 fully saturated rings. The van der Waals surface area contributed by atoms with Gasteiger partial charge in [0.2, 0.25) is 5.91 Å². The van der Waals surface area contributed by atoms with Crippen LogP contribution in [0.15, 0.2) is 35.7 Å². The van der Waals surface area contributed by atoms with Gasteiger partial charge in [0.1, 0.15) is 12.1 Å². The summed E-state index contributed by atoms with van der Waals surface area (Å²) in [5.74, 6) is 0.244. The fourth-order valence-corrected chi connectivity index (χ4v) is 3.72. The highest BCUT2D eigenvalue weighted by Crippen LogP contribution is 2.20. The van der Waals surface area contributed by atoms with Gasteiger partial charge < -0.3 is 14.4 Å². The van der Waals surface area contributed by atoms with Crippen molar-refractivity contribution in [1.29, 1.82) is 0 Å². The molecule has 25 heavy (non-hydrogen) atoms. The molecule has 1 aliphatic rings. The van der Waals surface area contributed by atoms with Crippen LogP contribution in [-0.4, -0.2) is 57.5 Å². The number of aromatic nitrogens is 3. The van der Waals surface area contributed by atoms with Gasteiger partial charge in [0.15, 0.2) is 5.16 Å². The first-order valence-electron chi connectivity index (χ1n) is 8.35. The number of halogens is 1. The van der Waals surface area contributed by atoms with E-state index in [2.05, 4.69) is 28.9 Å². The fraction of sp³-hybridized carbons (Fsp3) is 0.471. The summed E-state index contributed by atoms with van der Waals surface area (Å²) in [6, 6.07) is 6.76. The predicted molar refractivity (Wildman–Crippen MR) is 96.3 cm³/mol. The van der Waals surface area contributed by atoms with Gasteiger partial charge in [0.05, 0.1) is 5.75 Å². The number of benzene rings is 1. The van der Waals surface area contributed by atoms with Gasteiger partial charge in [0, 0.05) is 37.9 Å². The van der Waals surface area contributed by atoms with Crippen LogP contribution in [0.5, 0.6) is 0 Å². The summed E-state index contributed by atoms with van der Waals surface area (Å²) in [5, 5.41) is 8.77. The van der Waals surface area contributed by atoms with Gasteiger partial charge in [-0.3, -0.25) is 4.79 Å². The molecule has 0 unspecified atom stereocenters. The van der Waals surface area contributed by atoms with E-state index < -0.39 is 0 Å². The fourth-order valence-electron chi connectivity index (χ4n) is 2.77. The van der Waals surface area contributed by atoms with Crippen LogP contribution in [0, 0.1) is 5.82 Å². The first-order valence-corrected chi connectivity index (χ1v) is 9.34. The van der Waals surface area contributed by atoms with Crippen molar-refractivity contribution in [2.75, 3.05) is 36.8 Å². The number of nitrogens with zero attached hydrogens (tertiary/aromatic N) is 5. The minimum absolute atomic E-state index is 0.113. The SMILES string of the molecule is CC(C)n1cnnc1SCC(=O)N1CCN(c2ccc(F)cc2)CC1. The Morgan fingerprint density at radius 3 is 2.52 bits per heavy atom. The minimum Gasteiger partial charge on any atom is -0.368 e. The average Bonchev–Trinajstić information content (AvgIpc) is 3.09. The van der Waals surface area contributed by atoms with Gasteiger partial charge in [-0.1, -0.05) is 11.8 Å². The maximum atomic E-state index is 13.0. The molecule has 0 saturated carbocycles. The smallest absolute Gasteiger partial charge is 0.233 e. The molecule has 1 aliphatic heterocycles. The molecule has 6 nitrogen and oxygen atoms in total. The Morgan fingerprint density at radius 2 is 1.88 bits per heavy atom. The Balaban J connectivity index is 1.50. The number of rotatable bonds is 5. The first kappa shape index (κ1) is 17.7. The van der Waals surface area contributed by atoms with Crippen LogP contribution in [0.1, 0.15) is 19.9 Å². The van der Waals surface area contributed by atoms with E-state index in [9.17, 15) is 9.18 Å². The number of hydrogen-bond acceptors (Lipinski definition) is 5. The highest BCUT2D eigenvalue weighted by molar-refractivity contribution is 7.99. The number of carbonyl (C=O) groups excluding carboxylic acids is 1. The summed E-state index contributed by atoms with van der Waals surface area (Å²) in [7, 11) is 0. The average molecular weight is 363 g/mol. The lowest BCUT2D eigenvalue weighted by Crippen LogP contribution is -2.49. The van der Waals surface area contributed by atoms with Gasteiger partial charge in [-0.2, -0.15) is 0 Å². The monoisotopic (exact) mass is 363 g/mol. The van der Waals surface area contributed by atoms with Crippen molar-refractivity contribution in [2.45, 2.75) is 25.0 Å². The number of hydrogen-bond donors (Lipinski definition) is 0. The third-order valence-corrected chi connectivity index (χ3v) is 5.19. The second-order valence-corrected chi connectivity index (χ2v) is 7.19. The zero-order chi connectivity index (χ0) is 17.8. The second kappa shape index (κ2) is 7.86. The molecule has 1 saturated heterocycles. The number of anilines is 1. The molecule has 0 spiro atoms. The van der Waals surface area contributed by atoms with Gasteiger partial charge in [0.25, 0.3) is 0 Å². The highest BCUT2D eigenvalue weighted by atomic mass is 32.2. The molecule has 1 amide bonds. The van der Waals surface area contributed by atoms with Crippen LogP contribution < -0.4 is 4.90 Å². The lowest BCUT2D eigenvalue weighted by atomic mass is 10.2. The van der Waals surface area contributed by atoms with E-state index in [4.69, 9.17) is 0 Å². The van der Waals surface area contributed by atoms with E-state index in [1.165, 1.54) is 23.9 Å². The van der Waals surface area contributed by atoms with E-state index in [0.717, 1.165) is 23.9 Å². The van der Waals surface area contributed by atoms with Crippen LogP contribution in [0.3, 0.4) is 0 Å². The van der Waals surface area contributed by atoms with Gasteiger partial charge in [-0.25, -0.2) is 4.39 Å². The highest BCUT2D eigenvalue weighted by Gasteiger charge is 2.22. The second-order valence-electron chi connectivity index (χ2n) is 6.25. The molecular weight excluding hydrogens is 341 g/mol. The summed E-state index contributed by atoms with van der Waals surface area (Å²) in [6.07, 6.45) is 1.69. The Kier molecular flexibility index (Phi) is 5.57. The van der Waals surface area contributed by atoms with E-state index in [-0.39, 0.29) is 17.8 Å². The Morgan fingerprint density at radius 1 is 1.20 bits per heavy atom. The molecule has 2 aromatic rings. The third-order valence-electron chi connectivity index (χ3n) is 4.25. The summed E-state index contributed by atoms with van der Waals surface area (Å²) in [5.41, 5.74) is 0.993. The topological polar surface area (TPSA) is 54.3 Å². The summed E-state index contributed by atoms with van der Waals surface area (Å²) in [4.78, 5) is 16.5. The predicted octanol–water partition coefficient (Wildman–Crippen LogP) is 2.44. The molecule has 3 rings (SSSR count). The lowest BCUT2D eigenvalue weighted by molar-refractivity contribution is -0.128. The Bertz CT molecular complexity index is 710. The third kappa shape index (κ3) is 4.31. The van der Waals surface area contributed by atoms with Crippen LogP contribution in [0.4, 0.5) is 10.1 Å². The zero-order valence-corrected chi connectivity index (χ0v) is 15.2. The zero-order valence-electron chi connectivity index (χ0n) is 14.4. The Labute approximate surface area is 151 Å². The van der Waals surface area contributed by atoms with E-state index in [1.807, 2.05) is 9.47 Å². The molecule has 1 aromatic heterocycles. The molecule has 0 bridgehead atoms. The maximum Gasteiger partial charge on any atom is 0.233 e. The summed E-state index contributed by atoms with van der Waals surface area (Å²) in [6.45, 7) is 6.98. The molecule has 8 heteroatoms. The van der Waals surface area contributed by atoms with E-state index in [0.29, 0.717) is 18.8 Å². The molecule has 1 aromatic carbocycles. The minimum atomic E-state index is -0.233. The van der Waals surface area contributed by atoms with E-state index in [1.54, 1.807) is 18.5 Å². The van der Waals surface area contributed by atoms with Crippen LogP contribution in [0.25, 0.3) is 0 Å². The lowest BCUT2D eigenvalue weighted by Gasteiger charge is -2.36. The molecule has 0 atom stereocenters. The first-order chi connectivity index (χ1) is 12.0. The normalized spacial score (nSPS) is 15.0. The van der Waals surface area contributed by atoms with Crippen LogP contribution >= 0.6 is 11.8 Å². The van der Waals surface area contributed by atoms with Crippen molar-refractivity contribution in [1.82, 2.24) is 19.7 Å². The summed E-state index contributed by atoms with van der Waals surface area (Å²) >= 11 is 1.43. The van der Waals surface area contributed by atoms with Crippen LogP contribution in [0.2, 0.25) is 0 Å². The van der Waals surface area contributed by atoms with Crippen molar-refractivity contribution in [3.63, 3.8) is 0 Å². The van der Waals surface area contributed by atoms with Crippen molar-refractivity contribution in [3.8, 4) is 0 Å². The van der Waals surface area contributed by atoms with Crippen molar-refractivity contribution in [2.24, 2.45) is 0 Å². The van der Waals surface area contributed by atoms with Crippen molar-refractivity contribution < 1.29 is 9.18 Å².